The third-order valence-electron chi connectivity index (χ3n) is 20.8. The number of aliphatic hydroxyl groups excluding tert-OH is 1. The number of ether oxygens (including phenoxy) is 3. The molecule has 684 valence electrons. The van der Waals surface area contributed by atoms with Gasteiger partial charge in [-0.1, -0.05) is 48.5 Å². The van der Waals surface area contributed by atoms with E-state index >= 15 is 0 Å². The maximum atomic E-state index is 13.5. The van der Waals surface area contributed by atoms with Crippen molar-refractivity contribution in [2.45, 2.75) is 174 Å². The molecule has 4 aromatic carbocycles. The van der Waals surface area contributed by atoms with Crippen molar-refractivity contribution in [2.75, 3.05) is 65.1 Å². The molecule has 0 bridgehead atoms. The monoisotopic (exact) mass is 1900 g/mol. The number of halogens is 2. The Morgan fingerprint density at radius 3 is 1.16 bits per heavy atom. The topological polar surface area (TPSA) is 448 Å². The third-order valence-corrected chi connectivity index (χ3v) is 21.5. The van der Waals surface area contributed by atoms with E-state index in [0.29, 0.717) is 102 Å². The quantitative estimate of drug-likeness (QED) is 0.0300. The number of carbonyl (C=O) groups excluding carboxylic acids is 6. The van der Waals surface area contributed by atoms with Crippen LogP contribution >= 0.6 is 10.7 Å². The number of nitrogens with one attached hydrogen (secondary N) is 1. The van der Waals surface area contributed by atoms with E-state index < -0.39 is 37.0 Å². The van der Waals surface area contributed by atoms with Crippen molar-refractivity contribution in [2.24, 2.45) is 0 Å². The Kier molecular flexibility index (Phi) is 40.4. The number of nitrogens with zero attached hydrogens (tertiary/aromatic N) is 21. The molecule has 43 heteroatoms. The van der Waals surface area contributed by atoms with Crippen molar-refractivity contribution in [3.8, 4) is 22.7 Å². The number of aromatic nitrogens is 18. The first-order valence-corrected chi connectivity index (χ1v) is 45.6. The van der Waals surface area contributed by atoms with Crippen LogP contribution in [0.2, 0.25) is 0 Å². The van der Waals surface area contributed by atoms with Crippen molar-refractivity contribution < 1.29 is 91.2 Å². The van der Waals surface area contributed by atoms with E-state index in [1.807, 2.05) is 101 Å². The molecule has 11 aromatic rings. The molecule has 128 heavy (non-hydrogen) atoms. The number of β-amino-alcohol motifs (C(OH)–C–C–N with tert-alkyl or cyclic N) is 1. The zero-order valence-corrected chi connectivity index (χ0v) is 78.8. The fraction of sp³-hybridized carbons (Fsp3) is 0.435. The predicted molar refractivity (Wildman–Crippen MR) is 471 cm³/mol. The number of rotatable bonds is 17. The smallest absolute Gasteiger partial charge is 1.00 e. The molecule has 7 aromatic heterocycles. The van der Waals surface area contributed by atoms with Crippen LogP contribution in [0.1, 0.15) is 199 Å². The number of carbonyl (C=O) groups is 6. The van der Waals surface area contributed by atoms with Gasteiger partial charge in [0.25, 0.3) is 33.7 Å². The van der Waals surface area contributed by atoms with Gasteiger partial charge in [-0.05, 0) is 168 Å². The number of benzene rings is 4. The van der Waals surface area contributed by atoms with Crippen LogP contribution in [-0.4, -0.2) is 296 Å². The second kappa shape index (κ2) is 49.6. The summed E-state index contributed by atoms with van der Waals surface area (Å²) in [6.07, 6.45) is 32.2. The summed E-state index contributed by atoms with van der Waals surface area (Å²) in [5.41, 5.74) is 5.39. The van der Waals surface area contributed by atoms with Crippen molar-refractivity contribution >= 4 is 88.5 Å². The molecule has 3 N–H and O–H groups in total. The molecular formula is C85H110BrClMgN22O16S2. The van der Waals surface area contributed by atoms with Gasteiger partial charge >= 0.3 is 35.0 Å². The Hall–Kier alpha value is -10.8. The predicted octanol–water partition coefficient (Wildman–Crippen LogP) is 6.19. The molecule has 5 fully saturated rings. The molecule has 5 aliphatic rings. The number of piperidine rings is 4. The fourth-order valence-corrected chi connectivity index (χ4v) is 15.0. The van der Waals surface area contributed by atoms with Crippen LogP contribution in [0.25, 0.3) is 22.7 Å². The van der Waals surface area contributed by atoms with Crippen LogP contribution < -0.4 is 17.0 Å². The number of likely N-dealkylation sites (tertiary alicyclic amines) is 4. The van der Waals surface area contributed by atoms with Crippen molar-refractivity contribution in [3.05, 3.63) is 230 Å². The van der Waals surface area contributed by atoms with Crippen LogP contribution in [-0.2, 0) is 43.2 Å². The van der Waals surface area contributed by atoms with E-state index in [1.165, 1.54) is 50.6 Å². The van der Waals surface area contributed by atoms with Gasteiger partial charge in [0.2, 0.25) is 9.05 Å². The first-order chi connectivity index (χ1) is 59.8. The van der Waals surface area contributed by atoms with Crippen LogP contribution in [0.5, 0.6) is 0 Å². The molecule has 8 atom stereocenters. The van der Waals surface area contributed by atoms with Gasteiger partial charge in [0.15, 0.2) is 0 Å². The molecule has 12 heterocycles. The largest absolute Gasteiger partial charge is 2.00 e. The first kappa shape index (κ1) is 104. The molecule has 16 rings (SSSR count). The summed E-state index contributed by atoms with van der Waals surface area (Å²) in [6.45, 7) is 19.5. The Bertz CT molecular complexity index is 5500. The Balaban J connectivity index is 0.000000217. The summed E-state index contributed by atoms with van der Waals surface area (Å²) in [7, 11) is -2.25. The van der Waals surface area contributed by atoms with Crippen LogP contribution in [0.4, 0.5) is 0 Å². The average Bonchev–Trinajstić information content (AvgIpc) is 1.72. The van der Waals surface area contributed by atoms with E-state index in [0.717, 1.165) is 69.8 Å². The number of amides is 4. The maximum Gasteiger partial charge on any atom is 2.00 e. The van der Waals surface area contributed by atoms with Gasteiger partial charge in [0, 0.05) is 98.4 Å². The average molecular weight is 1900 g/mol. The summed E-state index contributed by atoms with van der Waals surface area (Å²) in [5, 5.41) is 68.0. The van der Waals surface area contributed by atoms with E-state index in [4.69, 9.17) is 13.7 Å². The number of hydrogen-bond donors (Lipinski definition) is 3. The number of aromatic amines is 1. The normalized spacial score (nSPS) is 18.9. The number of aliphatic hydroxyl groups is 2. The summed E-state index contributed by atoms with van der Waals surface area (Å²) >= 11 is 0. The van der Waals surface area contributed by atoms with Crippen molar-refractivity contribution in [3.63, 3.8) is 0 Å². The summed E-state index contributed by atoms with van der Waals surface area (Å²) < 4.78 is 65.0. The molecular weight excluding hydrogens is 1790 g/mol. The Morgan fingerprint density at radius 2 is 0.820 bits per heavy atom. The Labute approximate surface area is 775 Å². The van der Waals surface area contributed by atoms with Crippen LogP contribution in [0, 0.1) is 7.43 Å². The molecule has 38 nitrogen and oxygen atoms in total. The van der Waals surface area contributed by atoms with Gasteiger partial charge < -0.3 is 68.4 Å². The van der Waals surface area contributed by atoms with Gasteiger partial charge in [0.05, 0.1) is 180 Å². The minimum Gasteiger partial charge on any atom is -1.00 e. The van der Waals surface area contributed by atoms with E-state index in [2.05, 4.69) is 90.5 Å². The van der Waals surface area contributed by atoms with Gasteiger partial charge in [0.1, 0.15) is 0 Å². The zero-order chi connectivity index (χ0) is 90.0. The summed E-state index contributed by atoms with van der Waals surface area (Å²) in [4.78, 5) is 88.5. The summed E-state index contributed by atoms with van der Waals surface area (Å²) in [5.74, 6) is -1.11. The van der Waals surface area contributed by atoms with Crippen LogP contribution in [0.3, 0.4) is 0 Å². The number of para-hydroxylation sites is 4. The molecule has 0 unspecified atom stereocenters. The third kappa shape index (κ3) is 29.9. The van der Waals surface area contributed by atoms with Crippen LogP contribution in [0.15, 0.2) is 184 Å². The SMILES string of the molecule is C1CCOC1.CCOC(=O)c1cn[nH]c1.CCOC(=O)c1cnn([C@@H]2CC[C@@H](C)N(C(=O)c3ccccc3-n3nccn3)C2)c1.CS(=O)(=O)Cl.C[C@@H]1CC[C@@H](n2cc(C(C)(C)O)cn2)CN1C(=O)c1ccccc1-n1nccn1.C[C@@H]1CC[C@H](O)CN1C(=O)c1ccccc1-n1nccn1.C[C@@H]1CC[C@H](OS(C)(=O)=O)CN1C(=O)c1ccccc1-n1nccn1.[Br-].[CH3-].[Mg+2]. The molecule has 5 aliphatic heterocycles. The summed E-state index contributed by atoms with van der Waals surface area (Å²) in [6, 6.07) is 29.5. The van der Waals surface area contributed by atoms with Gasteiger partial charge in [-0.2, -0.15) is 83.7 Å². The minimum atomic E-state index is -3.56. The minimum absolute atomic E-state index is 0. The van der Waals surface area contributed by atoms with E-state index in [9.17, 15) is 55.8 Å². The van der Waals surface area contributed by atoms with Gasteiger partial charge in [-0.3, -0.25) is 37.8 Å². The van der Waals surface area contributed by atoms with E-state index in [-0.39, 0.29) is 126 Å². The Morgan fingerprint density at radius 1 is 0.484 bits per heavy atom. The van der Waals surface area contributed by atoms with Crippen molar-refractivity contribution in [1.82, 2.24) is 109 Å². The maximum absolute atomic E-state index is 13.5. The molecule has 4 amide bonds. The molecule has 0 spiro atoms. The molecule has 5 saturated heterocycles. The number of H-pyrrole nitrogens is 1. The number of hydrogen-bond acceptors (Lipinski definition) is 27. The zero-order valence-electron chi connectivity index (χ0n) is 73.4. The number of esters is 2. The molecule has 0 aliphatic carbocycles. The first-order valence-electron chi connectivity index (χ1n) is 41.0. The van der Waals surface area contributed by atoms with Gasteiger partial charge in [-0.25, -0.2) is 18.0 Å². The standard InChI is InChI=1S/C21H24N6O3.C21H26N6O2.C16H20N4O4S.C15H18N4O2.C6H8N2O2.C4H8O.CH3ClO2S.CH3.BrH.Mg/c1-3-30-21(29)16-12-24-26(13-16)17-9-8-15(2)25(14-17)20(28)18-6-4-5-7-19(18)27-22-10-11-23-27;1-15-8-9-17(26-13-16(12-24-26)21(2,3)29)14-25(15)20(28)18-6-4-5-7-19(18)27-22-10-11-23-27;1-12-7-8-13(24-25(2,22)23)11-19(12)16(21)14-5-3-4-6-15(14)20-17-9-10-18-20;1-11-6-7-12(20)10-18(11)15(21)13-4-2-3-5-14(13)19-16-8-9-17-19;1-2-10-6(9)5-3-7-8-4-5;1-2-4-5-3-1;1-5(2,3)4;;;/h4-7,10-13,15,17H,3,8-9,14H2,1-2H3;4-7,10-13,15,17,29H,8-9,14H2,1-3H3;3-6,9-10,12-13H,7-8,11H2,1-2H3;2-5,8-9,11-12,20H,6-7,10H2,1H3;3-4H,2H2,1H3,(H,7,8);1-4H2;1H3;1H3;1H;/q;;;;;;;-1;;+2/p-1/t2*15-,17-;12-,13+;11-,12+;;;;;;/m1111....../s1. The second-order valence-electron chi connectivity index (χ2n) is 30.7. The van der Waals surface area contributed by atoms with E-state index in [1.54, 1.807) is 134 Å². The fourth-order valence-electron chi connectivity index (χ4n) is 14.3. The molecule has 0 radical (unpaired) electrons. The van der Waals surface area contributed by atoms with Gasteiger partial charge in [-0.15, -0.1) is 0 Å². The second-order valence-corrected chi connectivity index (χ2v) is 35.3. The van der Waals surface area contributed by atoms with Crippen molar-refractivity contribution in [1.29, 1.82) is 0 Å². The molecule has 0 saturated carbocycles.